The lowest BCUT2D eigenvalue weighted by molar-refractivity contribution is 0.441. The number of rotatable bonds is 3. The Morgan fingerprint density at radius 3 is 2.60 bits per heavy atom. The third kappa shape index (κ3) is 2.33. The van der Waals surface area contributed by atoms with Crippen molar-refractivity contribution in [2.45, 2.75) is 6.04 Å². The van der Waals surface area contributed by atoms with E-state index in [1.165, 1.54) is 5.56 Å². The first-order chi connectivity index (χ1) is 4.93. The Kier molecular flexibility index (Phi) is 3.19. The highest BCUT2D eigenvalue weighted by atomic mass is 28.2. The molecule has 1 nitrogen and oxygen atoms in total. The molecule has 0 atom stereocenters. The van der Waals surface area contributed by atoms with Crippen molar-refractivity contribution < 1.29 is 4.43 Å². The van der Waals surface area contributed by atoms with Crippen LogP contribution in [0.25, 0.3) is 0 Å². The van der Waals surface area contributed by atoms with Crippen LogP contribution in [0.3, 0.4) is 0 Å². The van der Waals surface area contributed by atoms with E-state index in [-0.39, 0.29) is 9.76 Å². The van der Waals surface area contributed by atoms with Gasteiger partial charge in [-0.2, -0.15) is 0 Å². The molecule has 0 spiro atoms. The van der Waals surface area contributed by atoms with Gasteiger partial charge in [0.1, 0.15) is 0 Å². The van der Waals surface area contributed by atoms with Crippen LogP contribution in [-0.4, -0.2) is 16.9 Å². The highest BCUT2D eigenvalue weighted by molar-refractivity contribution is 6.26. The zero-order chi connectivity index (χ0) is 7.23. The summed E-state index contributed by atoms with van der Waals surface area (Å²) in [5, 5.41) is 0. The number of hydrogen-bond donors (Lipinski definition) is 0. The highest BCUT2D eigenvalue weighted by Crippen LogP contribution is 1.97. The van der Waals surface area contributed by atoms with Crippen molar-refractivity contribution in [3.63, 3.8) is 0 Å². The Morgan fingerprint density at radius 1 is 1.30 bits per heavy atom. The lowest BCUT2D eigenvalue weighted by Crippen LogP contribution is -1.98. The van der Waals surface area contributed by atoms with Gasteiger partial charge in [-0.1, -0.05) is 30.3 Å². The van der Waals surface area contributed by atoms with E-state index in [1.54, 1.807) is 7.11 Å². The quantitative estimate of drug-likeness (QED) is 0.590. The Bertz CT molecular complexity index is 174. The lowest BCUT2D eigenvalue weighted by atomic mass is 10.2. The number of benzene rings is 1. The van der Waals surface area contributed by atoms with Crippen LogP contribution in [0, 0.1) is 0 Å². The average Bonchev–Trinajstić information content (AvgIpc) is 2.03. The molecule has 0 heterocycles. The first-order valence-corrected chi connectivity index (χ1v) is 4.60. The molecule has 10 heavy (non-hydrogen) atoms. The maximum Gasteiger partial charge on any atom is 0.197 e. The van der Waals surface area contributed by atoms with Gasteiger partial charge in [0, 0.05) is 7.11 Å². The van der Waals surface area contributed by atoms with Crippen LogP contribution in [0.5, 0.6) is 0 Å². The standard InChI is InChI=1S/C8H11OSi/c1-9-10-7-8-5-3-2-4-6-8/h2-6,10H,7H2,1H3. The normalized spacial score (nSPS) is 9.70. The largest absolute Gasteiger partial charge is 0.424 e. The van der Waals surface area contributed by atoms with E-state index in [0.717, 1.165) is 6.04 Å². The van der Waals surface area contributed by atoms with Crippen LogP contribution in [0.4, 0.5) is 0 Å². The van der Waals surface area contributed by atoms with Crippen LogP contribution in [0.15, 0.2) is 30.3 Å². The van der Waals surface area contributed by atoms with Crippen molar-refractivity contribution in [3.05, 3.63) is 35.9 Å². The molecule has 0 saturated carbocycles. The van der Waals surface area contributed by atoms with Crippen molar-refractivity contribution in [1.82, 2.24) is 0 Å². The van der Waals surface area contributed by atoms with Crippen molar-refractivity contribution in [1.29, 1.82) is 0 Å². The summed E-state index contributed by atoms with van der Waals surface area (Å²) < 4.78 is 5.03. The third-order valence-electron chi connectivity index (χ3n) is 1.33. The molecule has 0 unspecified atom stereocenters. The van der Waals surface area contributed by atoms with E-state index in [4.69, 9.17) is 4.43 Å². The van der Waals surface area contributed by atoms with Gasteiger partial charge in [-0.25, -0.2) is 0 Å². The van der Waals surface area contributed by atoms with Gasteiger partial charge in [0.15, 0.2) is 9.76 Å². The van der Waals surface area contributed by atoms with Gasteiger partial charge in [0.05, 0.1) is 0 Å². The summed E-state index contributed by atoms with van der Waals surface area (Å²) in [6.07, 6.45) is 0. The van der Waals surface area contributed by atoms with E-state index in [1.807, 2.05) is 6.07 Å². The maximum absolute atomic E-state index is 5.03. The van der Waals surface area contributed by atoms with Crippen LogP contribution in [-0.2, 0) is 10.5 Å². The molecule has 0 saturated heterocycles. The fourth-order valence-corrected chi connectivity index (χ4v) is 1.42. The molecule has 1 rings (SSSR count). The van der Waals surface area contributed by atoms with Gasteiger partial charge in [-0.3, -0.25) is 0 Å². The minimum absolute atomic E-state index is 0.158. The van der Waals surface area contributed by atoms with Crippen molar-refractivity contribution in [2.24, 2.45) is 0 Å². The smallest absolute Gasteiger partial charge is 0.197 e. The Balaban J connectivity index is 2.43. The van der Waals surface area contributed by atoms with Crippen LogP contribution in [0.2, 0.25) is 0 Å². The van der Waals surface area contributed by atoms with E-state index in [2.05, 4.69) is 24.3 Å². The summed E-state index contributed by atoms with van der Waals surface area (Å²) in [5.41, 5.74) is 1.37. The first-order valence-electron chi connectivity index (χ1n) is 3.32. The molecule has 0 fully saturated rings. The minimum Gasteiger partial charge on any atom is -0.424 e. The van der Waals surface area contributed by atoms with Gasteiger partial charge in [-0.05, 0) is 11.6 Å². The summed E-state index contributed by atoms with van der Waals surface area (Å²) in [7, 11) is 1.92. The molecule has 0 amide bonds. The molecule has 0 N–H and O–H groups in total. The second-order valence-electron chi connectivity index (χ2n) is 2.09. The number of hydrogen-bond acceptors (Lipinski definition) is 1. The van der Waals surface area contributed by atoms with Crippen LogP contribution < -0.4 is 0 Å². The Hall–Kier alpha value is -0.603. The molecule has 0 bridgehead atoms. The second kappa shape index (κ2) is 4.25. The van der Waals surface area contributed by atoms with Gasteiger partial charge in [0.25, 0.3) is 0 Å². The van der Waals surface area contributed by atoms with Gasteiger partial charge < -0.3 is 4.43 Å². The minimum atomic E-state index is 0.158. The van der Waals surface area contributed by atoms with Crippen LogP contribution >= 0.6 is 0 Å². The molecule has 0 aliphatic heterocycles. The fourth-order valence-electron chi connectivity index (χ4n) is 0.794. The molecule has 53 valence electrons. The predicted molar refractivity (Wildman–Crippen MR) is 44.3 cm³/mol. The molecular formula is C8H11OSi. The van der Waals surface area contributed by atoms with Crippen molar-refractivity contribution in [2.75, 3.05) is 7.11 Å². The SMILES string of the molecule is CO[SiH]Cc1ccccc1. The van der Waals surface area contributed by atoms with Crippen LogP contribution in [0.1, 0.15) is 5.56 Å². The molecular weight excluding hydrogens is 140 g/mol. The van der Waals surface area contributed by atoms with Gasteiger partial charge in [-0.15, -0.1) is 0 Å². The zero-order valence-electron chi connectivity index (χ0n) is 6.08. The zero-order valence-corrected chi connectivity index (χ0v) is 7.23. The Labute approximate surface area is 64.0 Å². The summed E-state index contributed by atoms with van der Waals surface area (Å²) in [6, 6.07) is 11.5. The third-order valence-corrected chi connectivity index (χ3v) is 2.30. The monoisotopic (exact) mass is 151 g/mol. The lowest BCUT2D eigenvalue weighted by Gasteiger charge is -1.96. The second-order valence-corrected chi connectivity index (χ2v) is 3.31. The summed E-state index contributed by atoms with van der Waals surface area (Å²) in [4.78, 5) is 0. The molecule has 1 radical (unpaired) electrons. The highest BCUT2D eigenvalue weighted by Gasteiger charge is 1.89. The molecule has 2 heteroatoms. The van der Waals surface area contributed by atoms with Gasteiger partial charge >= 0.3 is 0 Å². The molecule has 0 aliphatic carbocycles. The summed E-state index contributed by atoms with van der Waals surface area (Å²) in [5.74, 6) is 0. The van der Waals surface area contributed by atoms with E-state index in [9.17, 15) is 0 Å². The predicted octanol–water partition coefficient (Wildman–Crippen LogP) is 1.18. The van der Waals surface area contributed by atoms with Crippen molar-refractivity contribution in [3.8, 4) is 0 Å². The molecule has 1 aromatic carbocycles. The molecule has 1 aromatic rings. The summed E-state index contributed by atoms with van der Waals surface area (Å²) in [6.45, 7) is 0. The van der Waals surface area contributed by atoms with E-state index >= 15 is 0 Å². The van der Waals surface area contributed by atoms with E-state index < -0.39 is 0 Å². The Morgan fingerprint density at radius 2 is 2.00 bits per heavy atom. The van der Waals surface area contributed by atoms with Gasteiger partial charge in [0.2, 0.25) is 0 Å². The molecule has 0 aromatic heterocycles. The first kappa shape index (κ1) is 7.50. The molecule has 0 aliphatic rings. The summed E-state index contributed by atoms with van der Waals surface area (Å²) >= 11 is 0. The maximum atomic E-state index is 5.03. The van der Waals surface area contributed by atoms with Crippen molar-refractivity contribution >= 4 is 9.76 Å². The topological polar surface area (TPSA) is 9.23 Å². The van der Waals surface area contributed by atoms with E-state index in [0.29, 0.717) is 0 Å². The fraction of sp³-hybridized carbons (Fsp3) is 0.250. The average molecular weight is 151 g/mol.